The van der Waals surface area contributed by atoms with Crippen LogP contribution in [0.4, 0.5) is 5.69 Å². The average molecular weight is 365 g/mol. The smallest absolute Gasteiger partial charge is 0.102 e. The van der Waals surface area contributed by atoms with E-state index >= 15 is 0 Å². The molecule has 2 aliphatic rings. The number of thiazole rings is 1. The van der Waals surface area contributed by atoms with Crippen molar-refractivity contribution in [2.75, 3.05) is 25.7 Å². The van der Waals surface area contributed by atoms with Crippen molar-refractivity contribution in [3.05, 3.63) is 57.7 Å². The number of rotatable bonds is 2. The molecule has 0 spiro atoms. The maximum Gasteiger partial charge on any atom is 0.102 e. The van der Waals surface area contributed by atoms with E-state index in [1.807, 2.05) is 11.3 Å². The summed E-state index contributed by atoms with van der Waals surface area (Å²) in [5.41, 5.74) is 8.27. The number of benzene rings is 1. The molecule has 2 aliphatic heterocycles. The van der Waals surface area contributed by atoms with E-state index in [-0.39, 0.29) is 0 Å². The molecule has 2 aromatic heterocycles. The summed E-state index contributed by atoms with van der Waals surface area (Å²) >= 11 is 1.81. The first-order valence-electron chi connectivity index (χ1n) is 9.26. The van der Waals surface area contributed by atoms with Gasteiger partial charge in [0.1, 0.15) is 5.01 Å². The van der Waals surface area contributed by atoms with Crippen molar-refractivity contribution in [2.45, 2.75) is 32.4 Å². The fourth-order valence-electron chi connectivity index (χ4n) is 4.69. The van der Waals surface area contributed by atoms with Crippen molar-refractivity contribution in [2.24, 2.45) is 0 Å². The summed E-state index contributed by atoms with van der Waals surface area (Å²) in [5.74, 6) is 0.422. The highest BCUT2D eigenvalue weighted by Crippen LogP contribution is 2.49. The van der Waals surface area contributed by atoms with Crippen molar-refractivity contribution in [3.63, 3.8) is 0 Å². The largest absolute Gasteiger partial charge is 0.360 e. The fraction of sp³-hybridized carbons (Fsp3) is 0.381. The van der Waals surface area contributed by atoms with Crippen molar-refractivity contribution in [1.29, 1.82) is 0 Å². The van der Waals surface area contributed by atoms with Gasteiger partial charge in [0.15, 0.2) is 0 Å². The van der Waals surface area contributed by atoms with Gasteiger partial charge in [-0.3, -0.25) is 4.90 Å². The summed E-state index contributed by atoms with van der Waals surface area (Å²) in [4.78, 5) is 9.66. The Morgan fingerprint density at radius 3 is 2.69 bits per heavy atom. The van der Waals surface area contributed by atoms with Crippen molar-refractivity contribution >= 4 is 17.0 Å². The molecular formula is C21H24N4S. The lowest BCUT2D eigenvalue weighted by molar-refractivity contribution is 0.316. The molecule has 26 heavy (non-hydrogen) atoms. The van der Waals surface area contributed by atoms with Crippen LogP contribution in [0.5, 0.6) is 0 Å². The fourth-order valence-corrected chi connectivity index (χ4v) is 5.62. The molecule has 1 unspecified atom stereocenters. The third-order valence-corrected chi connectivity index (χ3v) is 6.67. The zero-order chi connectivity index (χ0) is 17.8. The summed E-state index contributed by atoms with van der Waals surface area (Å²) < 4.78 is 2.58. The highest BCUT2D eigenvalue weighted by atomic mass is 32.1. The predicted octanol–water partition coefficient (Wildman–Crippen LogP) is 4.29. The second kappa shape index (κ2) is 5.96. The van der Waals surface area contributed by atoms with Crippen molar-refractivity contribution in [3.8, 4) is 11.3 Å². The molecule has 0 saturated heterocycles. The first kappa shape index (κ1) is 16.1. The first-order valence-corrected chi connectivity index (χ1v) is 10.1. The molecule has 5 rings (SSSR count). The Kier molecular flexibility index (Phi) is 3.69. The van der Waals surface area contributed by atoms with Gasteiger partial charge in [0.25, 0.3) is 0 Å². The lowest BCUT2D eigenvalue weighted by Gasteiger charge is -2.33. The van der Waals surface area contributed by atoms with Gasteiger partial charge < -0.3 is 9.47 Å². The van der Waals surface area contributed by atoms with E-state index in [2.05, 4.69) is 71.1 Å². The van der Waals surface area contributed by atoms with Gasteiger partial charge in [0, 0.05) is 36.8 Å². The van der Waals surface area contributed by atoms with Crippen molar-refractivity contribution in [1.82, 2.24) is 14.5 Å². The van der Waals surface area contributed by atoms with Crippen LogP contribution in [0.15, 0.2) is 35.7 Å². The maximum atomic E-state index is 4.84. The van der Waals surface area contributed by atoms with E-state index < -0.39 is 0 Å². The second-order valence-corrected chi connectivity index (χ2v) is 8.49. The number of hydrogen-bond acceptors (Lipinski definition) is 4. The predicted molar refractivity (Wildman–Crippen MR) is 108 cm³/mol. The van der Waals surface area contributed by atoms with Gasteiger partial charge in [0.2, 0.25) is 0 Å². The quantitative estimate of drug-likeness (QED) is 0.678. The van der Waals surface area contributed by atoms with Crippen LogP contribution in [0.3, 0.4) is 0 Å². The molecule has 0 amide bonds. The normalized spacial score (nSPS) is 19.7. The molecule has 4 nitrogen and oxygen atoms in total. The summed E-state index contributed by atoms with van der Waals surface area (Å²) in [6.45, 7) is 5.16. The molecule has 0 fully saturated rings. The number of hydrogen-bond donors (Lipinski definition) is 0. The van der Waals surface area contributed by atoms with Gasteiger partial charge in [-0.1, -0.05) is 30.3 Å². The molecule has 3 aromatic rings. The van der Waals surface area contributed by atoms with Crippen LogP contribution in [-0.2, 0) is 13.1 Å². The summed E-state index contributed by atoms with van der Waals surface area (Å²) in [7, 11) is 4.44. The van der Waals surface area contributed by atoms with Gasteiger partial charge in [-0.2, -0.15) is 0 Å². The Morgan fingerprint density at radius 2 is 1.96 bits per heavy atom. The Labute approximate surface area is 158 Å². The molecule has 134 valence electrons. The lowest BCUT2D eigenvalue weighted by atomic mass is 9.99. The minimum Gasteiger partial charge on any atom is -0.360 e. The van der Waals surface area contributed by atoms with Crippen LogP contribution < -0.4 is 4.90 Å². The van der Waals surface area contributed by atoms with Crippen LogP contribution in [0.2, 0.25) is 0 Å². The van der Waals surface area contributed by atoms with Crippen LogP contribution >= 0.6 is 11.3 Å². The van der Waals surface area contributed by atoms with E-state index in [4.69, 9.17) is 4.98 Å². The van der Waals surface area contributed by atoms with E-state index in [0.717, 1.165) is 31.9 Å². The summed E-state index contributed by atoms with van der Waals surface area (Å²) in [6, 6.07) is 10.9. The van der Waals surface area contributed by atoms with Gasteiger partial charge in [-0.15, -0.1) is 11.3 Å². The van der Waals surface area contributed by atoms with Gasteiger partial charge in [0.05, 0.1) is 29.7 Å². The standard InChI is InChI=1S/C21H24N4S/c1-14-12-26-21(22-14)16-9-10-25-18(15-7-5-4-6-8-15)17-11-23(2)13-24(3)19(17)20(16)25/h4-8,12,16H,9-11,13H2,1-3H3. The summed E-state index contributed by atoms with van der Waals surface area (Å²) in [5, 5.41) is 3.46. The number of nitrogens with zero attached hydrogens (tertiary/aromatic N) is 4. The van der Waals surface area contributed by atoms with Crippen molar-refractivity contribution < 1.29 is 0 Å². The molecule has 1 aromatic carbocycles. The number of fused-ring (bicyclic) bond motifs is 3. The first-order chi connectivity index (χ1) is 12.6. The summed E-state index contributed by atoms with van der Waals surface area (Å²) in [6.07, 6.45) is 1.15. The molecule has 1 atom stereocenters. The third-order valence-electron chi connectivity index (χ3n) is 5.59. The highest BCUT2D eigenvalue weighted by Gasteiger charge is 2.38. The van der Waals surface area contributed by atoms with E-state index in [1.54, 1.807) is 0 Å². The van der Waals surface area contributed by atoms with Crippen LogP contribution in [0, 0.1) is 6.92 Å². The minimum absolute atomic E-state index is 0.422. The molecule has 0 radical (unpaired) electrons. The number of anilines is 1. The number of aryl methyl sites for hydroxylation is 1. The second-order valence-electron chi connectivity index (χ2n) is 7.60. The zero-order valence-corrected chi connectivity index (χ0v) is 16.4. The lowest BCUT2D eigenvalue weighted by Crippen LogP contribution is -2.37. The highest BCUT2D eigenvalue weighted by molar-refractivity contribution is 7.09. The van der Waals surface area contributed by atoms with Crippen LogP contribution in [0.25, 0.3) is 11.3 Å². The number of aromatic nitrogens is 2. The Bertz CT molecular complexity index is 956. The topological polar surface area (TPSA) is 24.3 Å². The Balaban J connectivity index is 1.75. The van der Waals surface area contributed by atoms with Crippen LogP contribution in [-0.4, -0.2) is 35.2 Å². The molecule has 5 heteroatoms. The molecule has 0 saturated carbocycles. The van der Waals surface area contributed by atoms with Gasteiger partial charge >= 0.3 is 0 Å². The molecule has 0 bridgehead atoms. The van der Waals surface area contributed by atoms with Gasteiger partial charge in [-0.05, 0) is 26.0 Å². The molecular weight excluding hydrogens is 340 g/mol. The van der Waals surface area contributed by atoms with Crippen LogP contribution in [0.1, 0.15) is 34.3 Å². The Morgan fingerprint density at radius 1 is 1.15 bits per heavy atom. The third kappa shape index (κ3) is 2.34. The Hall–Kier alpha value is -2.11. The average Bonchev–Trinajstić information content (AvgIpc) is 3.29. The van der Waals surface area contributed by atoms with E-state index in [9.17, 15) is 0 Å². The van der Waals surface area contributed by atoms with E-state index in [0.29, 0.717) is 5.92 Å². The zero-order valence-electron chi connectivity index (χ0n) is 15.6. The van der Waals surface area contributed by atoms with Gasteiger partial charge in [-0.25, -0.2) is 4.98 Å². The minimum atomic E-state index is 0.422. The molecule has 4 heterocycles. The molecule has 0 N–H and O–H groups in total. The SMILES string of the molecule is Cc1csc(C2CCn3c(-c4ccccc4)c4c(c32)N(C)CN(C)C4)n1. The molecule has 0 aliphatic carbocycles. The maximum absolute atomic E-state index is 4.84. The van der Waals surface area contributed by atoms with E-state index in [1.165, 1.54) is 33.2 Å². The monoisotopic (exact) mass is 364 g/mol.